The zero-order chi connectivity index (χ0) is 15.1. The smallest absolute Gasteiger partial charge is 0.227 e. The highest BCUT2D eigenvalue weighted by Gasteiger charge is 2.12. The maximum Gasteiger partial charge on any atom is 0.227 e. The van der Waals surface area contributed by atoms with E-state index in [0.29, 0.717) is 24.6 Å². The number of hydrogen-bond donors (Lipinski definition) is 1. The summed E-state index contributed by atoms with van der Waals surface area (Å²) < 4.78 is 5.13. The summed E-state index contributed by atoms with van der Waals surface area (Å²) in [7, 11) is 0. The predicted molar refractivity (Wildman–Crippen MR) is 80.0 cm³/mol. The van der Waals surface area contributed by atoms with E-state index >= 15 is 0 Å². The number of rotatable bonds is 7. The van der Waals surface area contributed by atoms with E-state index in [1.54, 1.807) is 0 Å². The number of aromatic nitrogens is 2. The third-order valence-corrected chi connectivity index (χ3v) is 3.77. The van der Waals surface area contributed by atoms with Crippen LogP contribution in [0.2, 0.25) is 0 Å². The average molecular weight is 294 g/mol. The summed E-state index contributed by atoms with van der Waals surface area (Å²) in [5.41, 5.74) is 0. The summed E-state index contributed by atoms with van der Waals surface area (Å²) in [5.74, 6) is 1.55. The maximum atomic E-state index is 11.8. The quantitative estimate of drug-likeness (QED) is 0.829. The summed E-state index contributed by atoms with van der Waals surface area (Å²) in [6.45, 7) is 8.03. The van der Waals surface area contributed by atoms with Gasteiger partial charge >= 0.3 is 0 Å². The van der Waals surface area contributed by atoms with Crippen LogP contribution in [-0.4, -0.2) is 47.1 Å². The van der Waals surface area contributed by atoms with Crippen molar-refractivity contribution in [2.75, 3.05) is 26.2 Å². The van der Waals surface area contributed by atoms with Crippen LogP contribution < -0.4 is 5.32 Å². The van der Waals surface area contributed by atoms with Crippen molar-refractivity contribution in [2.24, 2.45) is 0 Å². The van der Waals surface area contributed by atoms with E-state index in [-0.39, 0.29) is 11.8 Å². The second-order valence-corrected chi connectivity index (χ2v) is 5.95. The van der Waals surface area contributed by atoms with E-state index in [1.165, 1.54) is 19.3 Å². The van der Waals surface area contributed by atoms with E-state index in [0.717, 1.165) is 26.2 Å². The molecule has 0 aromatic carbocycles. The molecule has 0 atom stereocenters. The largest absolute Gasteiger partial charge is 0.355 e. The molecule has 2 heterocycles. The normalized spacial score (nSPS) is 16.3. The van der Waals surface area contributed by atoms with Crippen molar-refractivity contribution < 1.29 is 9.32 Å². The minimum Gasteiger partial charge on any atom is -0.355 e. The van der Waals surface area contributed by atoms with Crippen LogP contribution in [0, 0.1) is 0 Å². The first-order chi connectivity index (χ1) is 10.1. The standard InChI is InChI=1S/C15H26N4O2/c1-12(2)15-17-14(21-18-15)7-6-13(20)16-8-11-19-9-4-3-5-10-19/h12H,3-11H2,1-2H3,(H,16,20). The lowest BCUT2D eigenvalue weighted by Gasteiger charge is -2.26. The summed E-state index contributed by atoms with van der Waals surface area (Å²) in [4.78, 5) is 18.5. The van der Waals surface area contributed by atoms with Crippen molar-refractivity contribution in [3.8, 4) is 0 Å². The van der Waals surface area contributed by atoms with Crippen LogP contribution in [0.4, 0.5) is 0 Å². The van der Waals surface area contributed by atoms with Gasteiger partial charge in [-0.1, -0.05) is 25.4 Å². The minimum atomic E-state index is 0.0521. The molecule has 0 bridgehead atoms. The zero-order valence-electron chi connectivity index (χ0n) is 13.1. The highest BCUT2D eigenvalue weighted by Crippen LogP contribution is 2.10. The Labute approximate surface area is 126 Å². The predicted octanol–water partition coefficient (Wildman–Crippen LogP) is 1.73. The molecule has 1 aliphatic heterocycles. The molecule has 0 aliphatic carbocycles. The van der Waals surface area contributed by atoms with Gasteiger partial charge in [0.25, 0.3) is 0 Å². The Morgan fingerprint density at radius 1 is 1.33 bits per heavy atom. The molecule has 1 aliphatic rings. The van der Waals surface area contributed by atoms with Crippen molar-refractivity contribution in [3.63, 3.8) is 0 Å². The first-order valence-corrected chi connectivity index (χ1v) is 7.96. The lowest BCUT2D eigenvalue weighted by Crippen LogP contribution is -2.37. The molecule has 1 fully saturated rings. The molecule has 0 spiro atoms. The molecular weight excluding hydrogens is 268 g/mol. The van der Waals surface area contributed by atoms with Crippen LogP contribution in [0.25, 0.3) is 0 Å². The Balaban J connectivity index is 1.60. The van der Waals surface area contributed by atoms with Crippen LogP contribution in [0.3, 0.4) is 0 Å². The average Bonchev–Trinajstić information content (AvgIpc) is 2.95. The summed E-state index contributed by atoms with van der Waals surface area (Å²) in [6.07, 6.45) is 4.81. The number of amides is 1. The molecule has 6 nitrogen and oxygen atoms in total. The van der Waals surface area contributed by atoms with Crippen LogP contribution in [0.1, 0.15) is 57.2 Å². The first-order valence-electron chi connectivity index (χ1n) is 7.96. The van der Waals surface area contributed by atoms with Crippen LogP contribution in [0.5, 0.6) is 0 Å². The monoisotopic (exact) mass is 294 g/mol. The number of carbonyl (C=O) groups is 1. The Morgan fingerprint density at radius 2 is 2.10 bits per heavy atom. The van der Waals surface area contributed by atoms with Crippen LogP contribution in [0.15, 0.2) is 4.52 Å². The fourth-order valence-corrected chi connectivity index (χ4v) is 2.45. The third kappa shape index (κ3) is 5.46. The molecule has 0 unspecified atom stereocenters. The van der Waals surface area contributed by atoms with Crippen molar-refractivity contribution >= 4 is 5.91 Å². The minimum absolute atomic E-state index is 0.0521. The Kier molecular flexibility index (Phi) is 6.17. The van der Waals surface area contributed by atoms with Crippen LogP contribution >= 0.6 is 0 Å². The highest BCUT2D eigenvalue weighted by atomic mass is 16.5. The molecule has 1 saturated heterocycles. The van der Waals surface area contributed by atoms with E-state index in [2.05, 4.69) is 20.4 Å². The lowest BCUT2D eigenvalue weighted by molar-refractivity contribution is -0.121. The van der Waals surface area contributed by atoms with Gasteiger partial charge in [0.2, 0.25) is 11.8 Å². The Morgan fingerprint density at radius 3 is 2.76 bits per heavy atom. The molecule has 21 heavy (non-hydrogen) atoms. The Hall–Kier alpha value is -1.43. The molecular formula is C15H26N4O2. The van der Waals surface area contributed by atoms with E-state index in [4.69, 9.17) is 4.52 Å². The van der Waals surface area contributed by atoms with Gasteiger partial charge in [-0.2, -0.15) is 4.98 Å². The number of piperidine rings is 1. The lowest BCUT2D eigenvalue weighted by atomic mass is 10.1. The fraction of sp³-hybridized carbons (Fsp3) is 0.800. The number of carbonyl (C=O) groups excluding carboxylic acids is 1. The van der Waals surface area contributed by atoms with Crippen molar-refractivity contribution in [2.45, 2.75) is 51.9 Å². The number of aryl methyl sites for hydroxylation is 1. The number of nitrogens with zero attached hydrogens (tertiary/aromatic N) is 3. The Bertz CT molecular complexity index is 439. The van der Waals surface area contributed by atoms with Gasteiger partial charge in [0, 0.05) is 31.8 Å². The topological polar surface area (TPSA) is 71.3 Å². The molecule has 6 heteroatoms. The highest BCUT2D eigenvalue weighted by molar-refractivity contribution is 5.75. The number of nitrogens with one attached hydrogen (secondary N) is 1. The van der Waals surface area contributed by atoms with Gasteiger partial charge in [0.05, 0.1) is 0 Å². The second kappa shape index (κ2) is 8.12. The van der Waals surface area contributed by atoms with Gasteiger partial charge in [-0.3, -0.25) is 4.79 Å². The van der Waals surface area contributed by atoms with Gasteiger partial charge in [0.15, 0.2) is 5.82 Å². The molecule has 0 saturated carbocycles. The van der Waals surface area contributed by atoms with Crippen LogP contribution in [-0.2, 0) is 11.2 Å². The molecule has 1 amide bonds. The number of hydrogen-bond acceptors (Lipinski definition) is 5. The summed E-state index contributed by atoms with van der Waals surface area (Å²) >= 11 is 0. The first kappa shape index (κ1) is 15.9. The van der Waals surface area contributed by atoms with Crippen molar-refractivity contribution in [3.05, 3.63) is 11.7 Å². The van der Waals surface area contributed by atoms with Gasteiger partial charge in [-0.25, -0.2) is 0 Å². The van der Waals surface area contributed by atoms with E-state index < -0.39 is 0 Å². The molecule has 0 radical (unpaired) electrons. The van der Waals surface area contributed by atoms with Gasteiger partial charge in [-0.05, 0) is 25.9 Å². The maximum absolute atomic E-state index is 11.8. The van der Waals surface area contributed by atoms with E-state index in [9.17, 15) is 4.79 Å². The zero-order valence-corrected chi connectivity index (χ0v) is 13.1. The molecule has 1 N–H and O–H groups in total. The summed E-state index contributed by atoms with van der Waals surface area (Å²) in [6, 6.07) is 0. The SMILES string of the molecule is CC(C)c1noc(CCC(=O)NCCN2CCCCC2)n1. The molecule has 1 aromatic heterocycles. The molecule has 2 rings (SSSR count). The van der Waals surface area contributed by atoms with Gasteiger partial charge < -0.3 is 14.7 Å². The van der Waals surface area contributed by atoms with Crippen molar-refractivity contribution in [1.29, 1.82) is 0 Å². The number of likely N-dealkylation sites (tertiary alicyclic amines) is 1. The summed E-state index contributed by atoms with van der Waals surface area (Å²) in [5, 5.41) is 6.85. The van der Waals surface area contributed by atoms with E-state index in [1.807, 2.05) is 13.8 Å². The van der Waals surface area contributed by atoms with Gasteiger partial charge in [-0.15, -0.1) is 0 Å². The molecule has 118 valence electrons. The van der Waals surface area contributed by atoms with Gasteiger partial charge in [0.1, 0.15) is 0 Å². The fourth-order valence-electron chi connectivity index (χ4n) is 2.45. The second-order valence-electron chi connectivity index (χ2n) is 5.95. The molecule has 1 aromatic rings. The third-order valence-electron chi connectivity index (χ3n) is 3.77. The van der Waals surface area contributed by atoms with Crippen molar-refractivity contribution in [1.82, 2.24) is 20.4 Å².